The number of rotatable bonds is 4. The van der Waals surface area contributed by atoms with E-state index in [1.807, 2.05) is 0 Å². The topological polar surface area (TPSA) is 21.3 Å². The van der Waals surface area contributed by atoms with Crippen LogP contribution in [0.25, 0.3) is 60.6 Å². The number of furan rings is 1. The molecule has 0 saturated heterocycles. The van der Waals surface area contributed by atoms with E-state index in [9.17, 15) is 0 Å². The van der Waals surface area contributed by atoms with Gasteiger partial charge in [0.1, 0.15) is 5.58 Å². The molecular weight excluding hydrogens is 585 g/mol. The molecule has 0 radical (unpaired) electrons. The Morgan fingerprint density at radius 2 is 1.19 bits per heavy atom. The number of nitrogens with zero attached hydrogens (tertiary/aromatic N) is 2. The Hall–Kier alpha value is -6.06. The van der Waals surface area contributed by atoms with Gasteiger partial charge in [0.05, 0.1) is 22.4 Å². The van der Waals surface area contributed by atoms with Crippen LogP contribution in [0.4, 0.5) is 17.1 Å². The monoisotopic (exact) mass is 616 g/mol. The van der Waals surface area contributed by atoms with Gasteiger partial charge in [-0.25, -0.2) is 0 Å². The molecule has 9 aromatic rings. The van der Waals surface area contributed by atoms with Crippen LogP contribution in [0.15, 0.2) is 162 Å². The Kier molecular flexibility index (Phi) is 5.63. The third-order valence-corrected chi connectivity index (χ3v) is 10.3. The van der Waals surface area contributed by atoms with Gasteiger partial charge < -0.3 is 13.9 Å². The molecule has 48 heavy (non-hydrogen) atoms. The summed E-state index contributed by atoms with van der Waals surface area (Å²) in [5.41, 5.74) is 13.7. The van der Waals surface area contributed by atoms with Crippen LogP contribution in [0.5, 0.6) is 0 Å². The molecule has 2 heterocycles. The number of benzene rings is 7. The fraction of sp³-hybridized carbons (Fsp3) is 0.0667. The number of fused-ring (bicyclic) bond motifs is 10. The second-order valence-corrected chi connectivity index (χ2v) is 13.3. The van der Waals surface area contributed by atoms with Crippen molar-refractivity contribution in [1.82, 2.24) is 4.57 Å². The molecule has 0 atom stereocenters. The zero-order valence-electron chi connectivity index (χ0n) is 26.8. The summed E-state index contributed by atoms with van der Waals surface area (Å²) in [6.45, 7) is 4.71. The molecule has 228 valence electrons. The molecule has 7 aromatic carbocycles. The Labute approximate surface area is 278 Å². The van der Waals surface area contributed by atoms with Gasteiger partial charge in [0.25, 0.3) is 0 Å². The van der Waals surface area contributed by atoms with E-state index < -0.39 is 0 Å². The first kappa shape index (κ1) is 27.1. The van der Waals surface area contributed by atoms with Crippen LogP contribution in [0.1, 0.15) is 25.0 Å². The van der Waals surface area contributed by atoms with Crippen molar-refractivity contribution in [2.75, 3.05) is 4.90 Å². The minimum absolute atomic E-state index is 0.178. The van der Waals surface area contributed by atoms with Gasteiger partial charge in [-0.15, -0.1) is 0 Å². The number of aromatic nitrogens is 1. The highest BCUT2D eigenvalue weighted by Gasteiger charge is 2.39. The molecule has 1 aliphatic rings. The molecular formula is C45H32N2O. The van der Waals surface area contributed by atoms with Crippen LogP contribution in [0.2, 0.25) is 0 Å². The lowest BCUT2D eigenvalue weighted by Crippen LogP contribution is -2.20. The molecule has 0 spiro atoms. The maximum Gasteiger partial charge on any atom is 0.159 e. The van der Waals surface area contributed by atoms with Gasteiger partial charge in [0.2, 0.25) is 0 Å². The first-order valence-electron chi connectivity index (χ1n) is 16.6. The quantitative estimate of drug-likeness (QED) is 0.196. The zero-order valence-corrected chi connectivity index (χ0v) is 26.8. The summed E-state index contributed by atoms with van der Waals surface area (Å²) in [7, 11) is 0. The smallest absolute Gasteiger partial charge is 0.159 e. The maximum atomic E-state index is 6.96. The zero-order chi connectivity index (χ0) is 32.0. The van der Waals surface area contributed by atoms with Gasteiger partial charge in [-0.3, -0.25) is 0 Å². The van der Waals surface area contributed by atoms with Crippen molar-refractivity contribution in [3.63, 3.8) is 0 Å². The van der Waals surface area contributed by atoms with E-state index in [4.69, 9.17) is 4.42 Å². The molecule has 3 heteroatoms. The van der Waals surface area contributed by atoms with Crippen molar-refractivity contribution in [2.45, 2.75) is 19.3 Å². The molecule has 0 fully saturated rings. The summed E-state index contributed by atoms with van der Waals surface area (Å²) in [6.07, 6.45) is 0. The lowest BCUT2D eigenvalue weighted by molar-refractivity contribution is 0.659. The van der Waals surface area contributed by atoms with Crippen molar-refractivity contribution < 1.29 is 4.42 Å². The fourth-order valence-corrected chi connectivity index (χ4v) is 8.35. The van der Waals surface area contributed by atoms with E-state index >= 15 is 0 Å². The van der Waals surface area contributed by atoms with Crippen molar-refractivity contribution in [1.29, 1.82) is 0 Å². The molecule has 2 aromatic heterocycles. The Morgan fingerprint density at radius 1 is 0.521 bits per heavy atom. The third-order valence-electron chi connectivity index (χ3n) is 10.3. The van der Waals surface area contributed by atoms with E-state index in [1.165, 1.54) is 49.7 Å². The lowest BCUT2D eigenvalue weighted by Gasteiger charge is -2.32. The second-order valence-electron chi connectivity index (χ2n) is 13.3. The first-order valence-corrected chi connectivity index (χ1v) is 16.6. The summed E-state index contributed by atoms with van der Waals surface area (Å²) >= 11 is 0. The summed E-state index contributed by atoms with van der Waals surface area (Å²) in [5.74, 6) is 0. The fourth-order valence-electron chi connectivity index (χ4n) is 8.35. The molecule has 0 amide bonds. The van der Waals surface area contributed by atoms with E-state index in [0.717, 1.165) is 39.0 Å². The molecule has 0 bridgehead atoms. The molecule has 10 rings (SSSR count). The summed E-state index contributed by atoms with van der Waals surface area (Å²) in [6, 6.07) is 56.6. The lowest BCUT2D eigenvalue weighted by atomic mass is 9.81. The molecule has 0 aliphatic heterocycles. The Balaban J connectivity index is 1.29. The van der Waals surface area contributed by atoms with E-state index in [0.29, 0.717) is 0 Å². The largest absolute Gasteiger partial charge is 0.454 e. The van der Waals surface area contributed by atoms with Crippen LogP contribution in [0.3, 0.4) is 0 Å². The predicted molar refractivity (Wildman–Crippen MR) is 200 cm³/mol. The van der Waals surface area contributed by atoms with E-state index in [1.54, 1.807) is 0 Å². The van der Waals surface area contributed by atoms with Gasteiger partial charge in [-0.2, -0.15) is 0 Å². The Morgan fingerprint density at radius 3 is 2.04 bits per heavy atom. The van der Waals surface area contributed by atoms with Gasteiger partial charge >= 0.3 is 0 Å². The van der Waals surface area contributed by atoms with Crippen molar-refractivity contribution in [3.8, 4) is 16.8 Å². The number of anilines is 3. The van der Waals surface area contributed by atoms with Crippen molar-refractivity contribution in [2.24, 2.45) is 0 Å². The van der Waals surface area contributed by atoms with Gasteiger partial charge in [-0.05, 0) is 76.9 Å². The first-order chi connectivity index (χ1) is 23.6. The van der Waals surface area contributed by atoms with Crippen molar-refractivity contribution in [3.05, 3.63) is 169 Å². The molecule has 0 unspecified atom stereocenters. The van der Waals surface area contributed by atoms with Gasteiger partial charge in [0, 0.05) is 38.3 Å². The van der Waals surface area contributed by atoms with Crippen LogP contribution in [-0.2, 0) is 5.41 Å². The van der Waals surface area contributed by atoms with Crippen LogP contribution < -0.4 is 4.90 Å². The molecule has 0 saturated carbocycles. The molecule has 3 nitrogen and oxygen atoms in total. The van der Waals surface area contributed by atoms with Crippen LogP contribution in [0, 0.1) is 0 Å². The molecule has 0 N–H and O–H groups in total. The highest BCUT2D eigenvalue weighted by atomic mass is 16.3. The van der Waals surface area contributed by atoms with Crippen LogP contribution >= 0.6 is 0 Å². The maximum absolute atomic E-state index is 6.96. The highest BCUT2D eigenvalue weighted by molar-refractivity contribution is 6.28. The van der Waals surface area contributed by atoms with Crippen LogP contribution in [-0.4, -0.2) is 4.57 Å². The molecule has 1 aliphatic carbocycles. The number of para-hydroxylation sites is 4. The highest BCUT2D eigenvalue weighted by Crippen LogP contribution is 2.55. The number of hydrogen-bond donors (Lipinski definition) is 0. The third kappa shape index (κ3) is 3.64. The average Bonchev–Trinajstić information content (AvgIpc) is 3.76. The van der Waals surface area contributed by atoms with E-state index in [2.05, 4.69) is 181 Å². The predicted octanol–water partition coefficient (Wildman–Crippen LogP) is 12.5. The minimum atomic E-state index is -0.178. The van der Waals surface area contributed by atoms with Gasteiger partial charge in [0.15, 0.2) is 5.58 Å². The standard InChI is InChI=1S/C45H32N2O/c1-45(2)35-23-11-9-19-31(35)32-21-13-25-38(43(32)45)47(30-17-7-4-8-18-30)39-26-14-22-34-42-40(48-44(34)39)28-27-37-41(42)33-20-10-12-24-36(33)46(37)29-15-5-3-6-16-29/h3-28H,1-2H3. The number of hydrogen-bond acceptors (Lipinski definition) is 2. The minimum Gasteiger partial charge on any atom is -0.454 e. The summed E-state index contributed by atoms with van der Waals surface area (Å²) in [4.78, 5) is 2.40. The Bertz CT molecular complexity index is 2700. The normalized spacial score (nSPS) is 13.4. The summed E-state index contributed by atoms with van der Waals surface area (Å²) < 4.78 is 9.33. The van der Waals surface area contributed by atoms with Gasteiger partial charge in [-0.1, -0.05) is 117 Å². The second kappa shape index (κ2) is 9.97. The summed E-state index contributed by atoms with van der Waals surface area (Å²) in [5, 5.41) is 4.69. The van der Waals surface area contributed by atoms with Crippen molar-refractivity contribution >= 4 is 60.8 Å². The average molecular weight is 617 g/mol. The van der Waals surface area contributed by atoms with E-state index in [-0.39, 0.29) is 5.41 Å². The SMILES string of the molecule is CC1(C)c2ccccc2-c2cccc(N(c3ccccc3)c3cccc4c3oc3ccc5c(c6ccccc6n5-c5ccccc5)c34)c21.